The predicted molar refractivity (Wildman–Crippen MR) is 80.5 cm³/mol. The minimum Gasteiger partial charge on any atom is -0.352 e. The largest absolute Gasteiger partial charge is 0.352 e. The van der Waals surface area contributed by atoms with Gasteiger partial charge in [0.05, 0.1) is 12.1 Å². The van der Waals surface area contributed by atoms with Crippen molar-refractivity contribution in [3.05, 3.63) is 35.4 Å². The van der Waals surface area contributed by atoms with Gasteiger partial charge in [0, 0.05) is 11.6 Å². The summed E-state index contributed by atoms with van der Waals surface area (Å²) in [5.41, 5.74) is 6.40. The van der Waals surface area contributed by atoms with E-state index < -0.39 is 6.04 Å². The van der Waals surface area contributed by atoms with Crippen molar-refractivity contribution < 1.29 is 9.59 Å². The Hall–Kier alpha value is -2.32. The average Bonchev–Trinajstić information content (AvgIpc) is 3.29. The maximum atomic E-state index is 12.3. The molecule has 110 valence electrons. The van der Waals surface area contributed by atoms with Gasteiger partial charge >= 0.3 is 0 Å². The molecular weight excluding hydrogens is 266 g/mol. The molecule has 5 heteroatoms. The number of nitrogens with one attached hydrogen (secondary N) is 2. The van der Waals surface area contributed by atoms with Crippen LogP contribution < -0.4 is 16.4 Å². The summed E-state index contributed by atoms with van der Waals surface area (Å²) in [6.07, 6.45) is 2.04. The van der Waals surface area contributed by atoms with E-state index in [1.807, 2.05) is 0 Å². The molecule has 0 bridgehead atoms. The summed E-state index contributed by atoms with van der Waals surface area (Å²) < 4.78 is 0. The molecule has 1 aliphatic carbocycles. The Bertz CT molecular complexity index is 597. The third-order valence-electron chi connectivity index (χ3n) is 3.16. The van der Waals surface area contributed by atoms with Crippen LogP contribution in [0.2, 0.25) is 0 Å². The molecule has 1 unspecified atom stereocenters. The Labute approximate surface area is 124 Å². The van der Waals surface area contributed by atoms with Gasteiger partial charge in [-0.1, -0.05) is 24.0 Å². The van der Waals surface area contributed by atoms with Crippen LogP contribution in [-0.4, -0.2) is 30.4 Å². The standard InChI is InChI=1S/C16H19N3O2/c1-11(15(20)19-13-8-9-13)18-16(21)14-7-3-2-5-12(14)6-4-10-17/h2-3,5,7,11,13H,8-10,17H2,1H3,(H,18,21)(H,19,20). The molecular formula is C16H19N3O2. The van der Waals surface area contributed by atoms with Crippen LogP contribution in [0.3, 0.4) is 0 Å². The van der Waals surface area contributed by atoms with E-state index in [0.29, 0.717) is 11.1 Å². The number of amides is 2. The molecule has 0 aliphatic heterocycles. The number of rotatable bonds is 4. The van der Waals surface area contributed by atoms with Gasteiger partial charge in [0.15, 0.2) is 0 Å². The molecule has 1 saturated carbocycles. The van der Waals surface area contributed by atoms with Crippen LogP contribution in [0.15, 0.2) is 24.3 Å². The van der Waals surface area contributed by atoms with E-state index in [1.165, 1.54) is 0 Å². The average molecular weight is 285 g/mol. The first kappa shape index (κ1) is 15.1. The first-order valence-corrected chi connectivity index (χ1v) is 7.01. The van der Waals surface area contributed by atoms with Gasteiger partial charge in [-0.15, -0.1) is 0 Å². The summed E-state index contributed by atoms with van der Waals surface area (Å²) in [6.45, 7) is 1.90. The summed E-state index contributed by atoms with van der Waals surface area (Å²) in [4.78, 5) is 24.1. The lowest BCUT2D eigenvalue weighted by Crippen LogP contribution is -2.45. The van der Waals surface area contributed by atoms with Crippen molar-refractivity contribution in [1.29, 1.82) is 0 Å². The van der Waals surface area contributed by atoms with Crippen LogP contribution in [0.1, 0.15) is 35.7 Å². The second-order valence-corrected chi connectivity index (χ2v) is 5.03. The molecule has 2 amide bonds. The molecule has 0 aromatic heterocycles. The Kier molecular flexibility index (Phi) is 4.96. The van der Waals surface area contributed by atoms with Gasteiger partial charge in [-0.3, -0.25) is 9.59 Å². The number of hydrogen-bond donors (Lipinski definition) is 3. The Morgan fingerprint density at radius 2 is 2.10 bits per heavy atom. The minimum atomic E-state index is -0.575. The maximum Gasteiger partial charge on any atom is 0.253 e. The van der Waals surface area contributed by atoms with Crippen molar-refractivity contribution in [3.8, 4) is 11.8 Å². The Morgan fingerprint density at radius 1 is 1.38 bits per heavy atom. The van der Waals surface area contributed by atoms with Gasteiger partial charge < -0.3 is 16.4 Å². The summed E-state index contributed by atoms with van der Waals surface area (Å²) in [7, 11) is 0. The fraction of sp³-hybridized carbons (Fsp3) is 0.375. The molecule has 5 nitrogen and oxygen atoms in total. The number of carbonyl (C=O) groups excluding carboxylic acids is 2. The Balaban J connectivity index is 2.03. The molecule has 1 aromatic carbocycles. The van der Waals surface area contributed by atoms with E-state index in [2.05, 4.69) is 22.5 Å². The normalized spacial score (nSPS) is 14.6. The first-order chi connectivity index (χ1) is 10.1. The molecule has 0 radical (unpaired) electrons. The molecule has 4 N–H and O–H groups in total. The van der Waals surface area contributed by atoms with Gasteiger partial charge in [-0.2, -0.15) is 0 Å². The van der Waals surface area contributed by atoms with Crippen molar-refractivity contribution in [2.24, 2.45) is 5.73 Å². The van der Waals surface area contributed by atoms with Crippen LogP contribution in [0, 0.1) is 11.8 Å². The van der Waals surface area contributed by atoms with E-state index in [-0.39, 0.29) is 24.4 Å². The van der Waals surface area contributed by atoms with Crippen LogP contribution >= 0.6 is 0 Å². The Morgan fingerprint density at radius 3 is 2.76 bits per heavy atom. The maximum absolute atomic E-state index is 12.3. The van der Waals surface area contributed by atoms with E-state index in [9.17, 15) is 9.59 Å². The highest BCUT2D eigenvalue weighted by atomic mass is 16.2. The fourth-order valence-electron chi connectivity index (χ4n) is 1.83. The number of nitrogens with two attached hydrogens (primary N) is 1. The highest BCUT2D eigenvalue weighted by Crippen LogP contribution is 2.18. The zero-order valence-corrected chi connectivity index (χ0v) is 12.0. The molecule has 21 heavy (non-hydrogen) atoms. The molecule has 0 saturated heterocycles. The molecule has 1 atom stereocenters. The predicted octanol–water partition coefficient (Wildman–Crippen LogP) is 0.394. The smallest absolute Gasteiger partial charge is 0.253 e. The van der Waals surface area contributed by atoms with Crippen molar-refractivity contribution in [3.63, 3.8) is 0 Å². The zero-order valence-electron chi connectivity index (χ0n) is 12.0. The van der Waals surface area contributed by atoms with Crippen LogP contribution in [0.5, 0.6) is 0 Å². The number of hydrogen-bond acceptors (Lipinski definition) is 3. The molecule has 0 heterocycles. The third-order valence-corrected chi connectivity index (χ3v) is 3.16. The van der Waals surface area contributed by atoms with Crippen LogP contribution in [0.4, 0.5) is 0 Å². The van der Waals surface area contributed by atoms with Gasteiger partial charge in [0.2, 0.25) is 5.91 Å². The number of benzene rings is 1. The quantitative estimate of drug-likeness (QED) is 0.700. The van der Waals surface area contributed by atoms with Gasteiger partial charge in [-0.05, 0) is 31.9 Å². The van der Waals surface area contributed by atoms with Crippen molar-refractivity contribution in [1.82, 2.24) is 10.6 Å². The number of carbonyl (C=O) groups is 2. The molecule has 1 aliphatic rings. The second-order valence-electron chi connectivity index (χ2n) is 5.03. The lowest BCUT2D eigenvalue weighted by molar-refractivity contribution is -0.122. The van der Waals surface area contributed by atoms with Gasteiger partial charge in [0.25, 0.3) is 5.91 Å². The summed E-state index contributed by atoms with van der Waals surface area (Å²) in [5.74, 6) is 5.12. The first-order valence-electron chi connectivity index (χ1n) is 7.01. The summed E-state index contributed by atoms with van der Waals surface area (Å²) in [6, 6.07) is 6.71. The van der Waals surface area contributed by atoms with Crippen molar-refractivity contribution in [2.75, 3.05) is 6.54 Å². The SMILES string of the molecule is CC(NC(=O)c1ccccc1C#CCN)C(=O)NC1CC1. The zero-order chi connectivity index (χ0) is 15.2. The minimum absolute atomic E-state index is 0.156. The van der Waals surface area contributed by atoms with E-state index in [4.69, 9.17) is 5.73 Å². The molecule has 1 aromatic rings. The highest BCUT2D eigenvalue weighted by Gasteiger charge is 2.26. The molecule has 2 rings (SSSR count). The lowest BCUT2D eigenvalue weighted by atomic mass is 10.1. The second kappa shape index (κ2) is 6.91. The van der Waals surface area contributed by atoms with Gasteiger partial charge in [0.1, 0.15) is 6.04 Å². The lowest BCUT2D eigenvalue weighted by Gasteiger charge is -2.14. The summed E-state index contributed by atoms with van der Waals surface area (Å²) >= 11 is 0. The van der Waals surface area contributed by atoms with E-state index in [1.54, 1.807) is 31.2 Å². The fourth-order valence-corrected chi connectivity index (χ4v) is 1.83. The monoisotopic (exact) mass is 285 g/mol. The van der Waals surface area contributed by atoms with E-state index in [0.717, 1.165) is 12.8 Å². The topological polar surface area (TPSA) is 84.2 Å². The summed E-state index contributed by atoms with van der Waals surface area (Å²) in [5, 5.41) is 5.56. The molecule has 0 spiro atoms. The van der Waals surface area contributed by atoms with Crippen LogP contribution in [-0.2, 0) is 4.79 Å². The third kappa shape index (κ3) is 4.33. The highest BCUT2D eigenvalue weighted by molar-refractivity contribution is 5.99. The van der Waals surface area contributed by atoms with Crippen molar-refractivity contribution in [2.45, 2.75) is 31.8 Å². The van der Waals surface area contributed by atoms with Crippen LogP contribution in [0.25, 0.3) is 0 Å². The molecule has 1 fully saturated rings. The van der Waals surface area contributed by atoms with E-state index >= 15 is 0 Å². The van der Waals surface area contributed by atoms with Crippen molar-refractivity contribution >= 4 is 11.8 Å². The van der Waals surface area contributed by atoms with Gasteiger partial charge in [-0.25, -0.2) is 0 Å².